The molecule has 31 heavy (non-hydrogen) atoms. The van der Waals surface area contributed by atoms with Gasteiger partial charge in [-0.3, -0.25) is 14.5 Å². The Hall–Kier alpha value is -3.86. The lowest BCUT2D eigenvalue weighted by Gasteiger charge is -2.15. The van der Waals surface area contributed by atoms with Crippen LogP contribution in [0, 0.1) is 0 Å². The molecule has 0 aliphatic carbocycles. The van der Waals surface area contributed by atoms with E-state index in [9.17, 15) is 9.59 Å². The lowest BCUT2D eigenvalue weighted by molar-refractivity contribution is -0.121. The lowest BCUT2D eigenvalue weighted by atomic mass is 9.97. The van der Waals surface area contributed by atoms with Gasteiger partial charge < -0.3 is 9.30 Å². The maximum Gasteiger partial charge on any atom is 0.241 e. The van der Waals surface area contributed by atoms with Crippen LogP contribution in [0.15, 0.2) is 85.1 Å². The molecule has 3 aromatic carbocycles. The molecule has 5 heteroatoms. The second-order valence-corrected chi connectivity index (χ2v) is 7.74. The molecule has 2 amide bonds. The number of nitrogens with zero attached hydrogens (tertiary/aromatic N) is 2. The second kappa shape index (κ2) is 7.76. The van der Waals surface area contributed by atoms with Crippen molar-refractivity contribution in [3.8, 4) is 5.75 Å². The molecule has 154 valence electrons. The highest BCUT2D eigenvalue weighted by Crippen LogP contribution is 2.38. The van der Waals surface area contributed by atoms with Crippen LogP contribution in [0.25, 0.3) is 10.9 Å². The number of carbonyl (C=O) groups is 2. The molecule has 1 saturated heterocycles. The first-order valence-electron chi connectivity index (χ1n) is 10.3. The molecule has 2 heterocycles. The smallest absolute Gasteiger partial charge is 0.241 e. The predicted octanol–water partition coefficient (Wildman–Crippen LogP) is 4.75. The molecule has 5 nitrogen and oxygen atoms in total. The summed E-state index contributed by atoms with van der Waals surface area (Å²) in [6, 6.07) is 25.3. The summed E-state index contributed by atoms with van der Waals surface area (Å²) in [6.45, 7) is 0.707. The quantitative estimate of drug-likeness (QED) is 0.447. The largest absolute Gasteiger partial charge is 0.497 e. The minimum Gasteiger partial charge on any atom is -0.497 e. The number of anilines is 1. The van der Waals surface area contributed by atoms with Gasteiger partial charge in [0.05, 0.1) is 18.7 Å². The normalized spacial score (nSPS) is 16.3. The number of carbonyl (C=O) groups excluding carboxylic acids is 2. The number of ether oxygens (including phenoxy) is 1. The Kier molecular flexibility index (Phi) is 4.79. The van der Waals surface area contributed by atoms with Crippen molar-refractivity contribution in [2.45, 2.75) is 18.9 Å². The van der Waals surface area contributed by atoms with Gasteiger partial charge in [-0.25, -0.2) is 0 Å². The lowest BCUT2D eigenvalue weighted by Crippen LogP contribution is -2.29. The summed E-state index contributed by atoms with van der Waals surface area (Å²) in [6.07, 6.45) is 2.20. The molecule has 1 aliphatic rings. The highest BCUT2D eigenvalue weighted by molar-refractivity contribution is 6.23. The highest BCUT2D eigenvalue weighted by atomic mass is 16.5. The van der Waals surface area contributed by atoms with Crippen molar-refractivity contribution in [1.29, 1.82) is 0 Å². The van der Waals surface area contributed by atoms with E-state index >= 15 is 0 Å². The number of rotatable bonds is 5. The van der Waals surface area contributed by atoms with Crippen molar-refractivity contribution in [2.75, 3.05) is 12.0 Å². The molecule has 4 aromatic rings. The average molecular weight is 410 g/mol. The van der Waals surface area contributed by atoms with Gasteiger partial charge in [0.1, 0.15) is 5.75 Å². The summed E-state index contributed by atoms with van der Waals surface area (Å²) in [5, 5.41) is 1.01. The molecule has 0 saturated carbocycles. The summed E-state index contributed by atoms with van der Waals surface area (Å²) in [7, 11) is 1.59. The number of aromatic nitrogens is 1. The van der Waals surface area contributed by atoms with Crippen molar-refractivity contribution in [2.24, 2.45) is 0 Å². The second-order valence-electron chi connectivity index (χ2n) is 7.74. The average Bonchev–Trinajstić information content (AvgIpc) is 3.31. The molecule has 0 N–H and O–H groups in total. The van der Waals surface area contributed by atoms with Crippen LogP contribution in [-0.2, 0) is 16.1 Å². The zero-order valence-electron chi connectivity index (χ0n) is 17.2. The third-order valence-electron chi connectivity index (χ3n) is 5.87. The van der Waals surface area contributed by atoms with Crippen LogP contribution in [0.4, 0.5) is 5.69 Å². The third-order valence-corrected chi connectivity index (χ3v) is 5.87. The number of benzene rings is 3. The minimum atomic E-state index is -0.489. The van der Waals surface area contributed by atoms with Gasteiger partial charge in [-0.2, -0.15) is 0 Å². The minimum absolute atomic E-state index is 0.171. The van der Waals surface area contributed by atoms with E-state index in [1.807, 2.05) is 42.6 Å². The van der Waals surface area contributed by atoms with Crippen LogP contribution in [0.5, 0.6) is 5.75 Å². The van der Waals surface area contributed by atoms with Crippen LogP contribution in [-0.4, -0.2) is 23.5 Å². The highest BCUT2D eigenvalue weighted by Gasteiger charge is 2.41. The summed E-state index contributed by atoms with van der Waals surface area (Å²) in [5.74, 6) is -0.169. The fourth-order valence-corrected chi connectivity index (χ4v) is 4.34. The van der Waals surface area contributed by atoms with Crippen molar-refractivity contribution in [3.05, 3.63) is 96.2 Å². The van der Waals surface area contributed by atoms with Crippen molar-refractivity contribution < 1.29 is 14.3 Å². The van der Waals surface area contributed by atoms with Gasteiger partial charge in [0.25, 0.3) is 0 Å². The number of methoxy groups -OCH3 is 1. The third kappa shape index (κ3) is 3.38. The van der Waals surface area contributed by atoms with Gasteiger partial charge in [-0.1, -0.05) is 48.5 Å². The Morgan fingerprint density at radius 1 is 0.903 bits per heavy atom. The van der Waals surface area contributed by atoms with E-state index in [4.69, 9.17) is 4.74 Å². The van der Waals surface area contributed by atoms with Crippen molar-refractivity contribution in [3.63, 3.8) is 0 Å². The molecule has 1 atom stereocenters. The summed E-state index contributed by atoms with van der Waals surface area (Å²) in [5.41, 5.74) is 3.72. The molecule has 0 spiro atoms. The zero-order chi connectivity index (χ0) is 21.4. The first-order chi connectivity index (χ1) is 15.2. The first-order valence-corrected chi connectivity index (χ1v) is 10.3. The van der Waals surface area contributed by atoms with Crippen LogP contribution in [0.1, 0.15) is 23.5 Å². The van der Waals surface area contributed by atoms with Crippen LogP contribution in [0.2, 0.25) is 0 Å². The molecule has 1 fully saturated rings. The SMILES string of the molecule is COc1ccc(N2C(=O)CC(c3cn(Cc4ccccc4)c4ccccc34)C2=O)cc1. The molecule has 0 bridgehead atoms. The first kappa shape index (κ1) is 19.1. The number of hydrogen-bond donors (Lipinski definition) is 0. The topological polar surface area (TPSA) is 51.5 Å². The molecule has 5 rings (SSSR count). The van der Waals surface area contributed by atoms with E-state index in [1.165, 1.54) is 10.5 Å². The molecule has 1 unspecified atom stereocenters. The Morgan fingerprint density at radius 2 is 1.61 bits per heavy atom. The molecular weight excluding hydrogens is 388 g/mol. The van der Waals surface area contributed by atoms with Gasteiger partial charge in [-0.15, -0.1) is 0 Å². The number of fused-ring (bicyclic) bond motifs is 1. The summed E-state index contributed by atoms with van der Waals surface area (Å²) < 4.78 is 7.35. The Labute approximate surface area is 180 Å². The van der Waals surface area contributed by atoms with Crippen molar-refractivity contribution in [1.82, 2.24) is 4.57 Å². The van der Waals surface area contributed by atoms with Gasteiger partial charge in [-0.05, 0) is 41.5 Å². The molecule has 0 radical (unpaired) electrons. The predicted molar refractivity (Wildman–Crippen MR) is 120 cm³/mol. The van der Waals surface area contributed by atoms with E-state index < -0.39 is 5.92 Å². The van der Waals surface area contributed by atoms with Crippen molar-refractivity contribution >= 4 is 28.4 Å². The molecular formula is C26H22N2O3. The van der Waals surface area contributed by atoms with Gasteiger partial charge in [0, 0.05) is 30.1 Å². The molecule has 1 aromatic heterocycles. The molecule has 1 aliphatic heterocycles. The standard InChI is InChI=1S/C26H22N2O3/c1-31-20-13-11-19(12-14-20)28-25(29)15-22(26(28)30)23-17-27(16-18-7-3-2-4-8-18)24-10-6-5-9-21(23)24/h2-14,17,22H,15-16H2,1H3. The van der Waals surface area contributed by atoms with Gasteiger partial charge in [0.2, 0.25) is 11.8 Å². The van der Waals surface area contributed by atoms with E-state index in [0.717, 1.165) is 16.5 Å². The number of amides is 2. The monoisotopic (exact) mass is 410 g/mol. The Bertz CT molecular complexity index is 1260. The van der Waals surface area contributed by atoms with E-state index in [2.05, 4.69) is 22.8 Å². The van der Waals surface area contributed by atoms with E-state index in [1.54, 1.807) is 31.4 Å². The fraction of sp³-hybridized carbons (Fsp3) is 0.154. The number of para-hydroxylation sites is 1. The summed E-state index contributed by atoms with van der Waals surface area (Å²) >= 11 is 0. The van der Waals surface area contributed by atoms with Gasteiger partial charge in [0.15, 0.2) is 0 Å². The van der Waals surface area contributed by atoms with Crippen LogP contribution in [0.3, 0.4) is 0 Å². The maximum atomic E-state index is 13.3. The van der Waals surface area contributed by atoms with Crippen LogP contribution < -0.4 is 9.64 Å². The Balaban J connectivity index is 1.52. The van der Waals surface area contributed by atoms with E-state index in [0.29, 0.717) is 18.0 Å². The number of imide groups is 1. The van der Waals surface area contributed by atoms with Gasteiger partial charge >= 0.3 is 0 Å². The van der Waals surface area contributed by atoms with E-state index in [-0.39, 0.29) is 18.2 Å². The Morgan fingerprint density at radius 3 is 2.35 bits per heavy atom. The zero-order valence-corrected chi connectivity index (χ0v) is 17.2. The maximum absolute atomic E-state index is 13.3. The van der Waals surface area contributed by atoms with Crippen LogP contribution >= 0.6 is 0 Å². The summed E-state index contributed by atoms with van der Waals surface area (Å²) in [4.78, 5) is 27.5. The fourth-order valence-electron chi connectivity index (χ4n) is 4.34. The number of hydrogen-bond acceptors (Lipinski definition) is 3.